The third-order valence-corrected chi connectivity index (χ3v) is 5.20. The predicted molar refractivity (Wildman–Crippen MR) is 101 cm³/mol. The first-order chi connectivity index (χ1) is 15.3. The second-order valence-corrected chi connectivity index (χ2v) is 7.99. The maximum absolute atomic E-state index is 12.9. The SMILES string of the molecule is O=C(NS(=O)(=O)c1ccc(OCC(F)(F)C(F)(F)F)cc1)c1ccc(C(=O)NCCO)nc1. The van der Waals surface area contributed by atoms with Crippen LogP contribution in [0.2, 0.25) is 0 Å². The third kappa shape index (κ3) is 6.82. The minimum Gasteiger partial charge on any atom is -0.487 e. The number of carbonyl (C=O) groups excluding carboxylic acids is 2. The number of nitrogens with zero attached hydrogens (tertiary/aromatic N) is 1. The number of aliphatic hydroxyl groups excluding tert-OH is 1. The average molecular weight is 497 g/mol. The molecule has 0 bridgehead atoms. The number of rotatable bonds is 9. The summed E-state index contributed by atoms with van der Waals surface area (Å²) in [4.78, 5) is 27.1. The van der Waals surface area contributed by atoms with Gasteiger partial charge in [0, 0.05) is 12.7 Å². The van der Waals surface area contributed by atoms with Crippen LogP contribution < -0.4 is 14.8 Å². The van der Waals surface area contributed by atoms with Gasteiger partial charge in [0.25, 0.3) is 21.8 Å². The van der Waals surface area contributed by atoms with Gasteiger partial charge in [-0.1, -0.05) is 0 Å². The van der Waals surface area contributed by atoms with E-state index in [9.17, 15) is 40.0 Å². The van der Waals surface area contributed by atoms with Crippen LogP contribution in [0.5, 0.6) is 5.75 Å². The van der Waals surface area contributed by atoms with Crippen LogP contribution in [0.3, 0.4) is 0 Å². The van der Waals surface area contributed by atoms with Crippen LogP contribution in [0.4, 0.5) is 22.0 Å². The zero-order valence-electron chi connectivity index (χ0n) is 16.4. The first-order valence-corrected chi connectivity index (χ1v) is 10.3. The highest BCUT2D eigenvalue weighted by Crippen LogP contribution is 2.35. The van der Waals surface area contributed by atoms with Crippen LogP contribution in [0.1, 0.15) is 20.8 Å². The van der Waals surface area contributed by atoms with Gasteiger partial charge in [-0.15, -0.1) is 0 Å². The van der Waals surface area contributed by atoms with Crippen LogP contribution in [0.15, 0.2) is 47.5 Å². The maximum Gasteiger partial charge on any atom is 0.456 e. The Morgan fingerprint density at radius 3 is 2.15 bits per heavy atom. The first-order valence-electron chi connectivity index (χ1n) is 8.86. The van der Waals surface area contributed by atoms with E-state index in [1.807, 2.05) is 0 Å². The molecule has 0 unspecified atom stereocenters. The zero-order chi connectivity index (χ0) is 24.9. The highest BCUT2D eigenvalue weighted by atomic mass is 32.2. The molecule has 1 aromatic heterocycles. The lowest BCUT2D eigenvalue weighted by Crippen LogP contribution is -2.41. The van der Waals surface area contributed by atoms with Crippen molar-refractivity contribution in [3.8, 4) is 5.75 Å². The van der Waals surface area contributed by atoms with Gasteiger partial charge in [0.15, 0.2) is 6.61 Å². The number of hydrogen-bond donors (Lipinski definition) is 3. The number of amides is 2. The van der Waals surface area contributed by atoms with Gasteiger partial charge in [-0.3, -0.25) is 14.6 Å². The standard InChI is InChI=1S/C18H16F5N3O6S/c19-17(20,18(21,22)23)10-32-12-2-4-13(5-3-12)33(30,31)26-15(28)11-1-6-14(25-9-11)16(29)24-7-8-27/h1-6,9,27H,7-8,10H2,(H,24,29)(H,26,28). The van der Waals surface area contributed by atoms with Crippen molar-refractivity contribution in [2.45, 2.75) is 17.0 Å². The highest BCUT2D eigenvalue weighted by molar-refractivity contribution is 7.90. The van der Waals surface area contributed by atoms with E-state index in [-0.39, 0.29) is 24.4 Å². The number of hydrogen-bond acceptors (Lipinski definition) is 7. The second-order valence-electron chi connectivity index (χ2n) is 6.31. The molecule has 9 nitrogen and oxygen atoms in total. The van der Waals surface area contributed by atoms with Gasteiger partial charge in [0.2, 0.25) is 0 Å². The summed E-state index contributed by atoms with van der Waals surface area (Å²) in [6, 6.07) is 5.63. The molecule has 0 fully saturated rings. The summed E-state index contributed by atoms with van der Waals surface area (Å²) in [6.45, 7) is -2.31. The van der Waals surface area contributed by atoms with Gasteiger partial charge < -0.3 is 15.2 Å². The quantitative estimate of drug-likeness (QED) is 0.447. The lowest BCUT2D eigenvalue weighted by Gasteiger charge is -2.19. The van der Waals surface area contributed by atoms with Crippen LogP contribution in [-0.2, 0) is 10.0 Å². The summed E-state index contributed by atoms with van der Waals surface area (Å²) in [5, 5.41) is 11.0. The Bertz CT molecular complexity index is 1090. The topological polar surface area (TPSA) is 135 Å². The molecular formula is C18H16F5N3O6S. The lowest BCUT2D eigenvalue weighted by atomic mass is 10.2. The van der Waals surface area contributed by atoms with Crippen molar-refractivity contribution in [1.82, 2.24) is 15.0 Å². The molecule has 2 aromatic rings. The second kappa shape index (κ2) is 10.1. The Hall–Kier alpha value is -3.33. The molecule has 0 aliphatic rings. The molecule has 1 aromatic carbocycles. The third-order valence-electron chi connectivity index (χ3n) is 3.85. The summed E-state index contributed by atoms with van der Waals surface area (Å²) >= 11 is 0. The van der Waals surface area contributed by atoms with Crippen molar-refractivity contribution in [2.24, 2.45) is 0 Å². The number of sulfonamides is 1. The average Bonchev–Trinajstić information content (AvgIpc) is 2.75. The predicted octanol–water partition coefficient (Wildman–Crippen LogP) is 1.50. The summed E-state index contributed by atoms with van der Waals surface area (Å²) in [5.74, 6) is -7.29. The van der Waals surface area contributed by atoms with E-state index in [0.717, 1.165) is 42.6 Å². The number of alkyl halides is 5. The summed E-state index contributed by atoms with van der Waals surface area (Å²) < 4.78 is 92.9. The van der Waals surface area contributed by atoms with Crippen LogP contribution in [0.25, 0.3) is 0 Å². The van der Waals surface area contributed by atoms with E-state index in [2.05, 4.69) is 15.0 Å². The highest BCUT2D eigenvalue weighted by Gasteiger charge is 2.58. The summed E-state index contributed by atoms with van der Waals surface area (Å²) in [5.41, 5.74) is -0.304. The molecular weight excluding hydrogens is 481 g/mol. The minimum absolute atomic E-state index is 0.0183. The number of aliphatic hydroxyl groups is 1. The van der Waals surface area contributed by atoms with Crippen molar-refractivity contribution in [3.63, 3.8) is 0 Å². The van der Waals surface area contributed by atoms with Crippen molar-refractivity contribution < 1.29 is 49.8 Å². The molecule has 1 heterocycles. The van der Waals surface area contributed by atoms with Crippen LogP contribution in [0, 0.1) is 0 Å². The summed E-state index contributed by atoms with van der Waals surface area (Å²) in [7, 11) is -4.45. The smallest absolute Gasteiger partial charge is 0.456 e. The van der Waals surface area contributed by atoms with Gasteiger partial charge >= 0.3 is 12.1 Å². The van der Waals surface area contributed by atoms with Gasteiger partial charge in [-0.05, 0) is 36.4 Å². The molecule has 33 heavy (non-hydrogen) atoms. The molecule has 180 valence electrons. The van der Waals surface area contributed by atoms with E-state index < -0.39 is 51.2 Å². The number of halogens is 5. The molecule has 0 saturated carbocycles. The molecule has 15 heteroatoms. The first kappa shape index (κ1) is 25.9. The Labute approximate surface area is 183 Å². The number of nitrogens with one attached hydrogen (secondary N) is 2. The normalized spacial score (nSPS) is 12.2. The Balaban J connectivity index is 2.03. The summed E-state index contributed by atoms with van der Waals surface area (Å²) in [6.07, 6.45) is -4.87. The van der Waals surface area contributed by atoms with Crippen molar-refractivity contribution >= 4 is 21.8 Å². The van der Waals surface area contributed by atoms with E-state index >= 15 is 0 Å². The molecule has 0 spiro atoms. The van der Waals surface area contributed by atoms with Crippen LogP contribution >= 0.6 is 0 Å². The van der Waals surface area contributed by atoms with Gasteiger partial charge in [-0.25, -0.2) is 13.1 Å². The molecule has 0 radical (unpaired) electrons. The van der Waals surface area contributed by atoms with Crippen LogP contribution in [-0.4, -0.2) is 62.2 Å². The van der Waals surface area contributed by atoms with E-state index in [0.29, 0.717) is 0 Å². The van der Waals surface area contributed by atoms with E-state index in [1.165, 1.54) is 0 Å². The molecule has 0 aliphatic carbocycles. The largest absolute Gasteiger partial charge is 0.487 e. The zero-order valence-corrected chi connectivity index (χ0v) is 17.2. The number of pyridine rings is 1. The fraction of sp³-hybridized carbons (Fsp3) is 0.278. The van der Waals surface area contributed by atoms with Crippen molar-refractivity contribution in [1.29, 1.82) is 0 Å². The van der Waals surface area contributed by atoms with Crippen molar-refractivity contribution in [3.05, 3.63) is 53.9 Å². The number of benzene rings is 1. The molecule has 2 rings (SSSR count). The maximum atomic E-state index is 12.9. The molecule has 0 saturated heterocycles. The van der Waals surface area contributed by atoms with Gasteiger partial charge in [-0.2, -0.15) is 22.0 Å². The lowest BCUT2D eigenvalue weighted by molar-refractivity contribution is -0.290. The van der Waals surface area contributed by atoms with Crippen molar-refractivity contribution in [2.75, 3.05) is 19.8 Å². The number of ether oxygens (including phenoxy) is 1. The Kier molecular flexibility index (Phi) is 7.92. The van der Waals surface area contributed by atoms with Gasteiger partial charge in [0.1, 0.15) is 11.4 Å². The fourth-order valence-electron chi connectivity index (χ4n) is 2.13. The molecule has 3 N–H and O–H groups in total. The minimum atomic E-state index is -5.81. The fourth-order valence-corrected chi connectivity index (χ4v) is 3.11. The van der Waals surface area contributed by atoms with E-state index in [1.54, 1.807) is 4.72 Å². The van der Waals surface area contributed by atoms with Gasteiger partial charge in [0.05, 0.1) is 17.1 Å². The van der Waals surface area contributed by atoms with E-state index in [4.69, 9.17) is 5.11 Å². The number of carbonyl (C=O) groups is 2. The number of aromatic nitrogens is 1. The molecule has 2 amide bonds. The monoisotopic (exact) mass is 497 g/mol. The Morgan fingerprint density at radius 2 is 1.64 bits per heavy atom. The molecule has 0 aliphatic heterocycles. The Morgan fingerprint density at radius 1 is 1.00 bits per heavy atom. The molecule has 0 atom stereocenters.